The molecule has 0 aliphatic carbocycles. The van der Waals surface area contributed by atoms with Crippen LogP contribution >= 0.6 is 12.4 Å². The molecular formula is C13H19ClN2O2. The number of nitrogens with two attached hydrogens (primary N) is 1. The highest BCUT2D eigenvalue weighted by atomic mass is 35.5. The lowest BCUT2D eigenvalue weighted by Gasteiger charge is -2.24. The van der Waals surface area contributed by atoms with Gasteiger partial charge in [0, 0.05) is 6.54 Å². The molecule has 1 fully saturated rings. The average Bonchev–Trinajstić information content (AvgIpc) is 2.40. The van der Waals surface area contributed by atoms with E-state index in [2.05, 4.69) is 5.32 Å². The molecule has 1 aliphatic heterocycles. The maximum absolute atomic E-state index is 11.7. The molecule has 0 spiro atoms. The van der Waals surface area contributed by atoms with Gasteiger partial charge < -0.3 is 15.8 Å². The first-order valence-electron chi connectivity index (χ1n) is 6.01. The Kier molecular flexibility index (Phi) is 6.12. The number of Topliss-reactive ketones (excluding diaryl/α,β-unsaturated/α-hetero) is 1. The highest BCUT2D eigenvalue weighted by Crippen LogP contribution is 2.21. The molecule has 1 aliphatic rings. The van der Waals surface area contributed by atoms with Gasteiger partial charge in [-0.1, -0.05) is 12.1 Å². The monoisotopic (exact) mass is 270 g/mol. The van der Waals surface area contributed by atoms with Crippen LogP contribution in [0.3, 0.4) is 0 Å². The largest absolute Gasteiger partial charge is 0.488 e. The number of hydrogen-bond acceptors (Lipinski definition) is 4. The van der Waals surface area contributed by atoms with Gasteiger partial charge in [0.25, 0.3) is 0 Å². The number of rotatable bonds is 4. The molecule has 0 aromatic heterocycles. The number of carbonyl (C=O) groups is 1. The van der Waals surface area contributed by atoms with Crippen molar-refractivity contribution in [3.8, 4) is 5.75 Å². The molecule has 4 nitrogen and oxygen atoms in total. The van der Waals surface area contributed by atoms with Crippen LogP contribution in [0.15, 0.2) is 24.3 Å². The summed E-state index contributed by atoms with van der Waals surface area (Å²) in [7, 11) is 0. The fraction of sp³-hybridized carbons (Fsp3) is 0.462. The van der Waals surface area contributed by atoms with E-state index in [0.717, 1.165) is 25.9 Å². The predicted octanol–water partition coefficient (Wildman–Crippen LogP) is 1.38. The van der Waals surface area contributed by atoms with Gasteiger partial charge in [0.1, 0.15) is 11.9 Å². The number of ether oxygens (including phenoxy) is 1. The van der Waals surface area contributed by atoms with E-state index in [1.54, 1.807) is 6.07 Å². The van der Waals surface area contributed by atoms with Gasteiger partial charge in [-0.05, 0) is 31.5 Å². The zero-order chi connectivity index (χ0) is 12.1. The topological polar surface area (TPSA) is 64.4 Å². The van der Waals surface area contributed by atoms with Crippen molar-refractivity contribution in [2.45, 2.75) is 18.9 Å². The fourth-order valence-electron chi connectivity index (χ4n) is 2.01. The Labute approximate surface area is 113 Å². The van der Waals surface area contributed by atoms with Crippen LogP contribution in [0, 0.1) is 0 Å². The smallest absolute Gasteiger partial charge is 0.180 e. The Hall–Kier alpha value is -1.10. The molecule has 2 rings (SSSR count). The Morgan fingerprint density at radius 3 is 2.89 bits per heavy atom. The molecule has 3 N–H and O–H groups in total. The van der Waals surface area contributed by atoms with Crippen LogP contribution in [0.4, 0.5) is 0 Å². The van der Waals surface area contributed by atoms with Crippen molar-refractivity contribution < 1.29 is 9.53 Å². The Bertz CT molecular complexity index is 392. The van der Waals surface area contributed by atoms with Gasteiger partial charge in [-0.3, -0.25) is 4.79 Å². The number of ketones is 1. The number of hydrogen-bond donors (Lipinski definition) is 2. The quantitative estimate of drug-likeness (QED) is 0.812. The molecule has 0 saturated carbocycles. The first-order valence-corrected chi connectivity index (χ1v) is 6.01. The SMILES string of the molecule is Cl.NCC(=O)c1ccccc1OC1CCCNC1. The molecule has 0 amide bonds. The van der Waals surface area contributed by atoms with E-state index < -0.39 is 0 Å². The molecule has 5 heteroatoms. The van der Waals surface area contributed by atoms with Gasteiger partial charge in [-0.15, -0.1) is 12.4 Å². The number of halogens is 1. The van der Waals surface area contributed by atoms with E-state index in [1.165, 1.54) is 0 Å². The molecule has 1 saturated heterocycles. The van der Waals surface area contributed by atoms with E-state index in [9.17, 15) is 4.79 Å². The van der Waals surface area contributed by atoms with Gasteiger partial charge in [0.2, 0.25) is 0 Å². The molecule has 1 heterocycles. The molecule has 100 valence electrons. The Balaban J connectivity index is 0.00000162. The van der Waals surface area contributed by atoms with Crippen LogP contribution < -0.4 is 15.8 Å². The van der Waals surface area contributed by atoms with Crippen molar-refractivity contribution in [1.29, 1.82) is 0 Å². The summed E-state index contributed by atoms with van der Waals surface area (Å²) < 4.78 is 5.87. The maximum atomic E-state index is 11.7. The Morgan fingerprint density at radius 1 is 1.44 bits per heavy atom. The summed E-state index contributed by atoms with van der Waals surface area (Å²) in [4.78, 5) is 11.7. The molecule has 1 atom stereocenters. The fourth-order valence-corrected chi connectivity index (χ4v) is 2.01. The minimum atomic E-state index is -0.0793. The average molecular weight is 271 g/mol. The number of piperidine rings is 1. The third kappa shape index (κ3) is 3.70. The second kappa shape index (κ2) is 7.36. The van der Waals surface area contributed by atoms with Crippen molar-refractivity contribution >= 4 is 18.2 Å². The minimum absolute atomic E-state index is 0. The second-order valence-corrected chi connectivity index (χ2v) is 4.21. The van der Waals surface area contributed by atoms with Crippen LogP contribution in [-0.4, -0.2) is 31.5 Å². The highest BCUT2D eigenvalue weighted by Gasteiger charge is 2.17. The summed E-state index contributed by atoms with van der Waals surface area (Å²) in [6, 6.07) is 7.30. The number of nitrogens with one attached hydrogen (secondary N) is 1. The van der Waals surface area contributed by atoms with Crippen LogP contribution in [0.1, 0.15) is 23.2 Å². The van der Waals surface area contributed by atoms with Crippen molar-refractivity contribution in [2.24, 2.45) is 5.73 Å². The first-order chi connectivity index (χ1) is 8.31. The summed E-state index contributed by atoms with van der Waals surface area (Å²) in [6.07, 6.45) is 2.28. The second-order valence-electron chi connectivity index (χ2n) is 4.21. The zero-order valence-corrected chi connectivity index (χ0v) is 11.0. The van der Waals surface area contributed by atoms with E-state index in [1.807, 2.05) is 18.2 Å². The lowest BCUT2D eigenvalue weighted by molar-refractivity contribution is 0.0991. The Morgan fingerprint density at radius 2 is 2.22 bits per heavy atom. The van der Waals surface area contributed by atoms with E-state index >= 15 is 0 Å². The summed E-state index contributed by atoms with van der Waals surface area (Å²) >= 11 is 0. The van der Waals surface area contributed by atoms with Crippen LogP contribution in [0.25, 0.3) is 0 Å². The standard InChI is InChI=1S/C13H18N2O2.ClH/c14-8-12(16)11-5-1-2-6-13(11)17-10-4-3-7-15-9-10;/h1-2,5-6,10,15H,3-4,7-9,14H2;1H. The summed E-state index contributed by atoms with van der Waals surface area (Å²) in [5.74, 6) is 0.570. The normalized spacial score (nSPS) is 18.8. The van der Waals surface area contributed by atoms with Gasteiger partial charge in [0.05, 0.1) is 12.1 Å². The first kappa shape index (κ1) is 15.0. The maximum Gasteiger partial charge on any atom is 0.180 e. The van der Waals surface area contributed by atoms with E-state index in [-0.39, 0.29) is 30.8 Å². The molecule has 0 bridgehead atoms. The minimum Gasteiger partial charge on any atom is -0.488 e. The van der Waals surface area contributed by atoms with Crippen molar-refractivity contribution in [3.63, 3.8) is 0 Å². The molecule has 1 aromatic rings. The number of para-hydroxylation sites is 1. The van der Waals surface area contributed by atoms with Crippen LogP contribution in [0.2, 0.25) is 0 Å². The third-order valence-corrected chi connectivity index (χ3v) is 2.92. The third-order valence-electron chi connectivity index (χ3n) is 2.92. The van der Waals surface area contributed by atoms with Crippen LogP contribution in [0.5, 0.6) is 5.75 Å². The molecular weight excluding hydrogens is 252 g/mol. The van der Waals surface area contributed by atoms with Gasteiger partial charge in [-0.2, -0.15) is 0 Å². The van der Waals surface area contributed by atoms with E-state index in [0.29, 0.717) is 11.3 Å². The lowest BCUT2D eigenvalue weighted by Crippen LogP contribution is -2.37. The number of benzene rings is 1. The van der Waals surface area contributed by atoms with E-state index in [4.69, 9.17) is 10.5 Å². The summed E-state index contributed by atoms with van der Waals surface area (Å²) in [5.41, 5.74) is 5.97. The number of carbonyl (C=O) groups excluding carboxylic acids is 1. The summed E-state index contributed by atoms with van der Waals surface area (Å²) in [6.45, 7) is 1.90. The molecule has 18 heavy (non-hydrogen) atoms. The lowest BCUT2D eigenvalue weighted by atomic mass is 10.1. The van der Waals surface area contributed by atoms with Gasteiger partial charge >= 0.3 is 0 Å². The molecule has 0 radical (unpaired) electrons. The van der Waals surface area contributed by atoms with Crippen molar-refractivity contribution in [2.75, 3.05) is 19.6 Å². The van der Waals surface area contributed by atoms with Crippen LogP contribution in [-0.2, 0) is 0 Å². The van der Waals surface area contributed by atoms with Gasteiger partial charge in [0.15, 0.2) is 5.78 Å². The molecule has 1 unspecified atom stereocenters. The van der Waals surface area contributed by atoms with Crippen molar-refractivity contribution in [1.82, 2.24) is 5.32 Å². The summed E-state index contributed by atoms with van der Waals surface area (Å²) in [5, 5.41) is 3.28. The molecule has 1 aromatic carbocycles. The van der Waals surface area contributed by atoms with Gasteiger partial charge in [-0.25, -0.2) is 0 Å². The zero-order valence-electron chi connectivity index (χ0n) is 10.2. The predicted molar refractivity (Wildman–Crippen MR) is 73.6 cm³/mol. The highest BCUT2D eigenvalue weighted by molar-refractivity contribution is 5.99. The van der Waals surface area contributed by atoms with Crippen molar-refractivity contribution in [3.05, 3.63) is 29.8 Å².